The van der Waals surface area contributed by atoms with E-state index in [9.17, 15) is 13.2 Å². The lowest BCUT2D eigenvalue weighted by Crippen LogP contribution is -2.36. The zero-order valence-corrected chi connectivity index (χ0v) is 18.8. The first-order valence-corrected chi connectivity index (χ1v) is 11.8. The van der Waals surface area contributed by atoms with E-state index < -0.39 is 15.9 Å². The van der Waals surface area contributed by atoms with Crippen molar-refractivity contribution in [2.24, 2.45) is 0 Å². The molecular weight excluding hydrogens is 436 g/mol. The van der Waals surface area contributed by atoms with Crippen molar-refractivity contribution < 1.29 is 17.9 Å². The largest absolute Gasteiger partial charge is 0.455 e. The molecule has 0 unspecified atom stereocenters. The number of amides is 1. The van der Waals surface area contributed by atoms with Crippen LogP contribution in [0.25, 0.3) is 0 Å². The molecule has 31 heavy (non-hydrogen) atoms. The third kappa shape index (κ3) is 6.82. The lowest BCUT2D eigenvalue weighted by molar-refractivity contribution is -0.116. The van der Waals surface area contributed by atoms with Crippen molar-refractivity contribution in [3.63, 3.8) is 0 Å². The van der Waals surface area contributed by atoms with Gasteiger partial charge < -0.3 is 10.1 Å². The van der Waals surface area contributed by atoms with Crippen LogP contribution in [-0.2, 0) is 21.4 Å². The summed E-state index contributed by atoms with van der Waals surface area (Å²) in [5.41, 5.74) is 2.21. The van der Waals surface area contributed by atoms with Gasteiger partial charge in [-0.1, -0.05) is 59.6 Å². The molecule has 0 saturated carbocycles. The number of hydrogen-bond acceptors (Lipinski definition) is 4. The minimum atomic E-state index is -3.61. The molecule has 8 heteroatoms. The van der Waals surface area contributed by atoms with Crippen molar-refractivity contribution in [3.8, 4) is 11.5 Å². The molecule has 1 N–H and O–H groups in total. The van der Waals surface area contributed by atoms with Crippen molar-refractivity contribution in [1.82, 2.24) is 4.31 Å². The number of anilines is 1. The van der Waals surface area contributed by atoms with E-state index in [4.69, 9.17) is 16.3 Å². The van der Waals surface area contributed by atoms with Gasteiger partial charge in [-0.3, -0.25) is 4.79 Å². The fourth-order valence-corrected chi connectivity index (χ4v) is 3.75. The SMILES string of the molecule is Cc1ccc(CN(CC(=O)Nc2cc(Cl)ccc2Oc2ccccc2)S(C)(=O)=O)cc1. The highest BCUT2D eigenvalue weighted by Gasteiger charge is 2.21. The van der Waals surface area contributed by atoms with Crippen LogP contribution < -0.4 is 10.1 Å². The molecule has 0 saturated heterocycles. The number of ether oxygens (including phenoxy) is 1. The van der Waals surface area contributed by atoms with Gasteiger partial charge in [-0.2, -0.15) is 4.31 Å². The third-order valence-corrected chi connectivity index (χ3v) is 5.89. The number of benzene rings is 3. The Hall–Kier alpha value is -2.87. The number of hydrogen-bond donors (Lipinski definition) is 1. The van der Waals surface area contributed by atoms with Crippen LogP contribution >= 0.6 is 11.6 Å². The monoisotopic (exact) mass is 458 g/mol. The van der Waals surface area contributed by atoms with Crippen LogP contribution in [0.4, 0.5) is 5.69 Å². The molecule has 0 aromatic heterocycles. The highest BCUT2D eigenvalue weighted by atomic mass is 35.5. The summed E-state index contributed by atoms with van der Waals surface area (Å²) in [6.07, 6.45) is 1.08. The standard InChI is InChI=1S/C23H23ClN2O4S/c1-17-8-10-18(11-9-17)15-26(31(2,28)29)16-23(27)25-21-14-19(24)12-13-22(21)30-20-6-4-3-5-7-20/h3-14H,15-16H2,1-2H3,(H,25,27). The lowest BCUT2D eigenvalue weighted by Gasteiger charge is -2.20. The molecule has 0 aliphatic carbocycles. The van der Waals surface area contributed by atoms with Crippen molar-refractivity contribution >= 4 is 33.2 Å². The molecule has 6 nitrogen and oxygen atoms in total. The van der Waals surface area contributed by atoms with Crippen molar-refractivity contribution in [3.05, 3.63) is 88.9 Å². The molecule has 0 radical (unpaired) electrons. The van der Waals surface area contributed by atoms with E-state index in [0.717, 1.165) is 21.7 Å². The maximum absolute atomic E-state index is 12.7. The summed E-state index contributed by atoms with van der Waals surface area (Å²) in [5.74, 6) is 0.489. The molecule has 1 amide bonds. The van der Waals surface area contributed by atoms with Gasteiger partial charge in [0, 0.05) is 11.6 Å². The average Bonchev–Trinajstić information content (AvgIpc) is 2.71. The smallest absolute Gasteiger partial charge is 0.239 e. The van der Waals surface area contributed by atoms with Gasteiger partial charge in [0.25, 0.3) is 0 Å². The topological polar surface area (TPSA) is 75.7 Å². The van der Waals surface area contributed by atoms with Gasteiger partial charge in [-0.25, -0.2) is 8.42 Å². The van der Waals surface area contributed by atoms with Crippen molar-refractivity contribution in [2.75, 3.05) is 18.1 Å². The highest BCUT2D eigenvalue weighted by molar-refractivity contribution is 7.88. The van der Waals surface area contributed by atoms with Gasteiger partial charge in [0.1, 0.15) is 5.75 Å². The van der Waals surface area contributed by atoms with Gasteiger partial charge in [-0.05, 0) is 42.8 Å². The zero-order valence-electron chi connectivity index (χ0n) is 17.2. The van der Waals surface area contributed by atoms with Crippen LogP contribution in [0.2, 0.25) is 5.02 Å². The number of rotatable bonds is 8. The van der Waals surface area contributed by atoms with Crippen LogP contribution in [-0.4, -0.2) is 31.4 Å². The number of para-hydroxylation sites is 1. The van der Waals surface area contributed by atoms with E-state index in [2.05, 4.69) is 5.32 Å². The Labute approximate surface area is 187 Å². The molecule has 0 aliphatic heterocycles. The number of carbonyl (C=O) groups is 1. The van der Waals surface area contributed by atoms with E-state index in [0.29, 0.717) is 22.2 Å². The van der Waals surface area contributed by atoms with E-state index in [1.807, 2.05) is 49.4 Å². The summed E-state index contributed by atoms with van der Waals surface area (Å²) < 4.78 is 31.5. The Morgan fingerprint density at radius 1 is 1.03 bits per heavy atom. The predicted molar refractivity (Wildman–Crippen MR) is 123 cm³/mol. The van der Waals surface area contributed by atoms with E-state index in [-0.39, 0.29) is 13.1 Å². The Kier molecular flexibility index (Phi) is 7.33. The summed E-state index contributed by atoms with van der Waals surface area (Å²) >= 11 is 6.09. The molecule has 0 spiro atoms. The second-order valence-electron chi connectivity index (χ2n) is 7.12. The Morgan fingerprint density at radius 3 is 2.35 bits per heavy atom. The van der Waals surface area contributed by atoms with Gasteiger partial charge >= 0.3 is 0 Å². The van der Waals surface area contributed by atoms with E-state index in [1.54, 1.807) is 30.3 Å². The van der Waals surface area contributed by atoms with Gasteiger partial charge in [0.2, 0.25) is 15.9 Å². The van der Waals surface area contributed by atoms with E-state index in [1.165, 1.54) is 0 Å². The molecule has 3 aromatic rings. The summed E-state index contributed by atoms with van der Waals surface area (Å²) in [4.78, 5) is 12.7. The summed E-state index contributed by atoms with van der Waals surface area (Å²) in [6, 6.07) is 21.4. The van der Waals surface area contributed by atoms with Crippen LogP contribution in [0.3, 0.4) is 0 Å². The lowest BCUT2D eigenvalue weighted by atomic mass is 10.1. The van der Waals surface area contributed by atoms with Gasteiger partial charge in [0.15, 0.2) is 5.75 Å². The molecule has 0 aliphatic rings. The van der Waals surface area contributed by atoms with Crippen LogP contribution in [0.15, 0.2) is 72.8 Å². The van der Waals surface area contributed by atoms with Crippen molar-refractivity contribution in [1.29, 1.82) is 0 Å². The summed E-state index contributed by atoms with van der Waals surface area (Å²) in [7, 11) is -3.61. The van der Waals surface area contributed by atoms with E-state index >= 15 is 0 Å². The molecular formula is C23H23ClN2O4S. The number of nitrogens with one attached hydrogen (secondary N) is 1. The zero-order chi connectivity index (χ0) is 22.4. The number of sulfonamides is 1. The fourth-order valence-electron chi connectivity index (χ4n) is 2.84. The summed E-state index contributed by atoms with van der Waals surface area (Å²) in [6.45, 7) is 1.70. The molecule has 0 heterocycles. The molecule has 0 fully saturated rings. The minimum Gasteiger partial charge on any atom is -0.455 e. The first-order valence-electron chi connectivity index (χ1n) is 9.54. The maximum Gasteiger partial charge on any atom is 0.239 e. The Morgan fingerprint density at radius 2 is 1.71 bits per heavy atom. The third-order valence-electron chi connectivity index (χ3n) is 4.46. The minimum absolute atomic E-state index is 0.0927. The maximum atomic E-state index is 12.7. The average molecular weight is 459 g/mol. The van der Waals surface area contributed by atoms with Crippen molar-refractivity contribution in [2.45, 2.75) is 13.5 Å². The molecule has 3 rings (SSSR count). The normalized spacial score (nSPS) is 11.4. The van der Waals surface area contributed by atoms with Gasteiger partial charge in [-0.15, -0.1) is 0 Å². The molecule has 0 bridgehead atoms. The molecule has 3 aromatic carbocycles. The predicted octanol–water partition coefficient (Wildman–Crippen LogP) is 4.84. The quantitative estimate of drug-likeness (QED) is 0.524. The Balaban J connectivity index is 1.76. The fraction of sp³-hybridized carbons (Fsp3) is 0.174. The summed E-state index contributed by atoms with van der Waals surface area (Å²) in [5, 5.41) is 3.13. The highest BCUT2D eigenvalue weighted by Crippen LogP contribution is 2.32. The van der Waals surface area contributed by atoms with Crippen LogP contribution in [0.5, 0.6) is 11.5 Å². The van der Waals surface area contributed by atoms with Crippen LogP contribution in [0.1, 0.15) is 11.1 Å². The van der Waals surface area contributed by atoms with Crippen LogP contribution in [0, 0.1) is 6.92 Å². The number of halogens is 1. The van der Waals surface area contributed by atoms with Gasteiger partial charge in [0.05, 0.1) is 18.5 Å². The number of nitrogens with zero attached hydrogens (tertiary/aromatic N) is 1. The Bertz CT molecular complexity index is 1150. The molecule has 162 valence electrons. The number of aryl methyl sites for hydroxylation is 1. The first kappa shape index (κ1) is 22.8. The first-order chi connectivity index (χ1) is 14.7. The second-order valence-corrected chi connectivity index (χ2v) is 9.54. The molecule has 0 atom stereocenters. The second kappa shape index (κ2) is 9.96. The number of carbonyl (C=O) groups excluding carboxylic acids is 1.